The molecular weight excluding hydrogens is 274 g/mol. The molecule has 112 valence electrons. The lowest BCUT2D eigenvalue weighted by Crippen LogP contribution is -2.13. The van der Waals surface area contributed by atoms with Crippen molar-refractivity contribution in [2.45, 2.75) is 13.8 Å². The maximum Gasteiger partial charge on any atom is 0.144 e. The molecule has 0 bridgehead atoms. The van der Waals surface area contributed by atoms with Crippen LogP contribution in [0.15, 0.2) is 42.5 Å². The van der Waals surface area contributed by atoms with E-state index in [1.54, 1.807) is 7.11 Å². The van der Waals surface area contributed by atoms with E-state index in [2.05, 4.69) is 33.9 Å². The zero-order chi connectivity index (χ0) is 15.7. The number of hydrogen-bond donors (Lipinski definition) is 0. The highest BCUT2D eigenvalue weighted by atomic mass is 16.5. The van der Waals surface area contributed by atoms with Crippen LogP contribution in [0.4, 0.5) is 11.5 Å². The molecule has 22 heavy (non-hydrogen) atoms. The van der Waals surface area contributed by atoms with Gasteiger partial charge in [0, 0.05) is 18.1 Å². The van der Waals surface area contributed by atoms with Gasteiger partial charge in [0.05, 0.1) is 12.6 Å². The number of aryl methyl sites for hydroxylation is 2. The van der Waals surface area contributed by atoms with E-state index in [0.717, 1.165) is 34.0 Å². The Labute approximate surface area is 130 Å². The summed E-state index contributed by atoms with van der Waals surface area (Å²) >= 11 is 0. The largest absolute Gasteiger partial charge is 0.497 e. The van der Waals surface area contributed by atoms with Crippen molar-refractivity contribution in [3.05, 3.63) is 53.9 Å². The van der Waals surface area contributed by atoms with Crippen molar-refractivity contribution in [3.8, 4) is 5.75 Å². The second-order valence-electron chi connectivity index (χ2n) is 5.37. The number of nitrogens with zero attached hydrogens (tertiary/aromatic N) is 3. The predicted octanol–water partition coefficient (Wildman–Crippen LogP) is 4.02. The normalized spacial score (nSPS) is 10.7. The van der Waals surface area contributed by atoms with Crippen LogP contribution in [0.2, 0.25) is 0 Å². The number of fused-ring (bicyclic) bond motifs is 1. The number of anilines is 2. The smallest absolute Gasteiger partial charge is 0.144 e. The minimum Gasteiger partial charge on any atom is -0.497 e. The summed E-state index contributed by atoms with van der Waals surface area (Å²) in [4.78, 5) is 11.2. The van der Waals surface area contributed by atoms with E-state index in [1.165, 1.54) is 5.56 Å². The Balaban J connectivity index is 2.12. The summed E-state index contributed by atoms with van der Waals surface area (Å²) in [6.07, 6.45) is 0. The van der Waals surface area contributed by atoms with E-state index >= 15 is 0 Å². The Hall–Kier alpha value is -2.62. The molecule has 0 aliphatic rings. The third-order valence-electron chi connectivity index (χ3n) is 3.72. The average Bonchev–Trinajstić information content (AvgIpc) is 2.54. The van der Waals surface area contributed by atoms with Gasteiger partial charge < -0.3 is 9.64 Å². The van der Waals surface area contributed by atoms with Crippen LogP contribution in [0.5, 0.6) is 5.75 Å². The number of benzene rings is 2. The van der Waals surface area contributed by atoms with Crippen LogP contribution in [-0.2, 0) is 0 Å². The van der Waals surface area contributed by atoms with Gasteiger partial charge in [0.25, 0.3) is 0 Å². The molecule has 1 heterocycles. The summed E-state index contributed by atoms with van der Waals surface area (Å²) in [5.74, 6) is 2.53. The Bertz CT molecular complexity index is 812. The van der Waals surface area contributed by atoms with Crippen LogP contribution in [0.1, 0.15) is 11.4 Å². The molecule has 4 heteroatoms. The molecule has 0 spiro atoms. The van der Waals surface area contributed by atoms with Crippen LogP contribution in [0.25, 0.3) is 10.9 Å². The second kappa shape index (κ2) is 5.64. The molecule has 3 aromatic rings. The van der Waals surface area contributed by atoms with Gasteiger partial charge in [-0.05, 0) is 50.2 Å². The highest BCUT2D eigenvalue weighted by Crippen LogP contribution is 2.30. The maximum absolute atomic E-state index is 5.22. The first-order chi connectivity index (χ1) is 10.6. The van der Waals surface area contributed by atoms with Gasteiger partial charge in [-0.2, -0.15) is 0 Å². The Morgan fingerprint density at radius 1 is 0.955 bits per heavy atom. The summed E-state index contributed by atoms with van der Waals surface area (Å²) in [5, 5.41) is 1.06. The molecule has 0 radical (unpaired) electrons. The molecule has 0 amide bonds. The number of rotatable bonds is 3. The highest BCUT2D eigenvalue weighted by Gasteiger charge is 2.12. The average molecular weight is 293 g/mol. The lowest BCUT2D eigenvalue weighted by Gasteiger charge is -2.21. The first-order valence-corrected chi connectivity index (χ1v) is 7.21. The SMILES string of the molecule is COc1ccc(N(C)c2nc(C)nc3ccc(C)cc23)cc1. The van der Waals surface area contributed by atoms with E-state index in [0.29, 0.717) is 0 Å². The van der Waals surface area contributed by atoms with Crippen molar-refractivity contribution in [3.63, 3.8) is 0 Å². The highest BCUT2D eigenvalue weighted by molar-refractivity contribution is 5.92. The lowest BCUT2D eigenvalue weighted by atomic mass is 10.1. The Kier molecular flexibility index (Phi) is 3.67. The van der Waals surface area contributed by atoms with Gasteiger partial charge in [-0.3, -0.25) is 0 Å². The van der Waals surface area contributed by atoms with Gasteiger partial charge in [0.2, 0.25) is 0 Å². The monoisotopic (exact) mass is 293 g/mol. The van der Waals surface area contributed by atoms with Gasteiger partial charge in [-0.15, -0.1) is 0 Å². The molecule has 0 atom stereocenters. The number of ether oxygens (including phenoxy) is 1. The zero-order valence-corrected chi connectivity index (χ0v) is 13.3. The number of methoxy groups -OCH3 is 1. The molecular formula is C18H19N3O. The first-order valence-electron chi connectivity index (χ1n) is 7.21. The van der Waals surface area contributed by atoms with Gasteiger partial charge >= 0.3 is 0 Å². The van der Waals surface area contributed by atoms with E-state index in [4.69, 9.17) is 4.74 Å². The fraction of sp³-hybridized carbons (Fsp3) is 0.222. The van der Waals surface area contributed by atoms with Gasteiger partial charge in [-0.1, -0.05) is 11.6 Å². The molecule has 0 aliphatic carbocycles. The van der Waals surface area contributed by atoms with Crippen LogP contribution >= 0.6 is 0 Å². The van der Waals surface area contributed by atoms with Gasteiger partial charge in [-0.25, -0.2) is 9.97 Å². The predicted molar refractivity (Wildman–Crippen MR) is 90.1 cm³/mol. The van der Waals surface area contributed by atoms with Gasteiger partial charge in [0.15, 0.2) is 0 Å². The van der Waals surface area contributed by atoms with Crippen LogP contribution in [-0.4, -0.2) is 24.1 Å². The van der Waals surface area contributed by atoms with E-state index < -0.39 is 0 Å². The summed E-state index contributed by atoms with van der Waals surface area (Å²) < 4.78 is 5.22. The molecule has 3 rings (SSSR count). The van der Waals surface area contributed by atoms with Crippen molar-refractivity contribution >= 4 is 22.4 Å². The summed E-state index contributed by atoms with van der Waals surface area (Å²) in [5.41, 5.74) is 3.22. The van der Waals surface area contributed by atoms with Crippen molar-refractivity contribution in [1.82, 2.24) is 9.97 Å². The van der Waals surface area contributed by atoms with Crippen molar-refractivity contribution in [2.24, 2.45) is 0 Å². The Morgan fingerprint density at radius 2 is 1.68 bits per heavy atom. The van der Waals surface area contributed by atoms with Crippen molar-refractivity contribution in [1.29, 1.82) is 0 Å². The van der Waals surface area contributed by atoms with E-state index in [-0.39, 0.29) is 0 Å². The first kappa shape index (κ1) is 14.3. The van der Waals surface area contributed by atoms with Crippen LogP contribution in [0, 0.1) is 13.8 Å². The summed E-state index contributed by atoms with van der Waals surface area (Å²) in [7, 11) is 3.69. The van der Waals surface area contributed by atoms with Crippen molar-refractivity contribution < 1.29 is 4.74 Å². The minimum atomic E-state index is 0.770. The van der Waals surface area contributed by atoms with Crippen LogP contribution in [0.3, 0.4) is 0 Å². The molecule has 0 saturated heterocycles. The Morgan fingerprint density at radius 3 is 2.36 bits per heavy atom. The third kappa shape index (κ3) is 2.60. The molecule has 0 aliphatic heterocycles. The molecule has 0 saturated carbocycles. The fourth-order valence-electron chi connectivity index (χ4n) is 2.52. The fourth-order valence-corrected chi connectivity index (χ4v) is 2.52. The topological polar surface area (TPSA) is 38.2 Å². The maximum atomic E-state index is 5.22. The number of aromatic nitrogens is 2. The zero-order valence-electron chi connectivity index (χ0n) is 13.3. The summed E-state index contributed by atoms with van der Waals surface area (Å²) in [6, 6.07) is 14.2. The molecule has 2 aromatic carbocycles. The molecule has 1 aromatic heterocycles. The number of hydrogen-bond acceptors (Lipinski definition) is 4. The standard InChI is InChI=1S/C18H19N3O/c1-12-5-10-17-16(11-12)18(20-13(2)19-17)21(3)14-6-8-15(22-4)9-7-14/h5-11H,1-4H3. The van der Waals surface area contributed by atoms with Crippen molar-refractivity contribution in [2.75, 3.05) is 19.1 Å². The molecule has 4 nitrogen and oxygen atoms in total. The quantitative estimate of drug-likeness (QED) is 0.731. The molecule has 0 unspecified atom stereocenters. The lowest BCUT2D eigenvalue weighted by molar-refractivity contribution is 0.415. The van der Waals surface area contributed by atoms with E-state index in [1.807, 2.05) is 44.3 Å². The third-order valence-corrected chi connectivity index (χ3v) is 3.72. The van der Waals surface area contributed by atoms with Gasteiger partial charge in [0.1, 0.15) is 17.4 Å². The van der Waals surface area contributed by atoms with E-state index in [9.17, 15) is 0 Å². The second-order valence-corrected chi connectivity index (χ2v) is 5.37. The molecule has 0 fully saturated rings. The summed E-state index contributed by atoms with van der Waals surface area (Å²) in [6.45, 7) is 4.00. The van der Waals surface area contributed by atoms with Crippen LogP contribution < -0.4 is 9.64 Å². The minimum absolute atomic E-state index is 0.770. The molecule has 0 N–H and O–H groups in total.